The average molecular weight is 245 g/mol. The Kier molecular flexibility index (Phi) is 5.43. The number of nitrogens with zero attached hydrogens (tertiary/aromatic N) is 1. The maximum Gasteiger partial charge on any atom is 0.0599 e. The summed E-state index contributed by atoms with van der Waals surface area (Å²) in [5.74, 6) is 0. The van der Waals surface area contributed by atoms with Gasteiger partial charge in [0.15, 0.2) is 0 Å². The number of hydrogen-bond donors (Lipinski definition) is 0. The molecule has 1 heterocycles. The van der Waals surface area contributed by atoms with Crippen molar-refractivity contribution >= 4 is 6.08 Å². The quantitative estimate of drug-likeness (QED) is 0.790. The summed E-state index contributed by atoms with van der Waals surface area (Å²) in [6.07, 6.45) is 7.30. The number of benzene rings is 1. The lowest BCUT2D eigenvalue weighted by atomic mass is 10.1. The summed E-state index contributed by atoms with van der Waals surface area (Å²) in [4.78, 5) is 2.50. The van der Waals surface area contributed by atoms with E-state index in [0.29, 0.717) is 6.10 Å². The second-order valence-corrected chi connectivity index (χ2v) is 4.77. The highest BCUT2D eigenvalue weighted by molar-refractivity contribution is 5.48. The molecule has 1 saturated heterocycles. The van der Waals surface area contributed by atoms with Crippen molar-refractivity contribution in [2.75, 3.05) is 26.2 Å². The number of hydrogen-bond acceptors (Lipinski definition) is 2. The van der Waals surface area contributed by atoms with Crippen molar-refractivity contribution in [1.82, 2.24) is 4.90 Å². The minimum atomic E-state index is 0.490. The van der Waals surface area contributed by atoms with Crippen LogP contribution in [0.4, 0.5) is 0 Å². The summed E-state index contributed by atoms with van der Waals surface area (Å²) < 4.78 is 5.66. The van der Waals surface area contributed by atoms with Gasteiger partial charge in [-0.3, -0.25) is 4.90 Å². The molecule has 2 heteroatoms. The fourth-order valence-electron chi connectivity index (χ4n) is 2.40. The van der Waals surface area contributed by atoms with Crippen molar-refractivity contribution in [1.29, 1.82) is 0 Å². The van der Waals surface area contributed by atoms with E-state index in [4.69, 9.17) is 4.74 Å². The lowest BCUT2D eigenvalue weighted by Crippen LogP contribution is -2.37. The van der Waals surface area contributed by atoms with E-state index in [1.165, 1.54) is 18.4 Å². The Morgan fingerprint density at radius 1 is 1.22 bits per heavy atom. The van der Waals surface area contributed by atoms with Crippen LogP contribution in [0.5, 0.6) is 0 Å². The maximum atomic E-state index is 5.66. The number of likely N-dealkylation sites (tertiary alicyclic amines) is 1. The summed E-state index contributed by atoms with van der Waals surface area (Å²) >= 11 is 0. The highest BCUT2D eigenvalue weighted by atomic mass is 16.5. The molecule has 0 aromatic heterocycles. The predicted molar refractivity (Wildman–Crippen MR) is 76.6 cm³/mol. The van der Waals surface area contributed by atoms with E-state index in [0.717, 1.165) is 26.2 Å². The van der Waals surface area contributed by atoms with Gasteiger partial charge in [-0.05, 0) is 25.3 Å². The first kappa shape index (κ1) is 13.3. The molecule has 0 bridgehead atoms. The summed E-state index contributed by atoms with van der Waals surface area (Å²) in [5, 5.41) is 0. The van der Waals surface area contributed by atoms with Gasteiger partial charge in [0, 0.05) is 26.2 Å². The van der Waals surface area contributed by atoms with Crippen LogP contribution in [0, 0.1) is 0 Å². The van der Waals surface area contributed by atoms with Gasteiger partial charge in [-0.25, -0.2) is 0 Å². The third-order valence-electron chi connectivity index (χ3n) is 3.41. The summed E-state index contributed by atoms with van der Waals surface area (Å²) in [5.41, 5.74) is 1.28. The maximum absolute atomic E-state index is 5.66. The second-order valence-electron chi connectivity index (χ2n) is 4.77. The Bertz CT molecular complexity index is 353. The van der Waals surface area contributed by atoms with Crippen LogP contribution in [0.3, 0.4) is 0 Å². The van der Waals surface area contributed by atoms with Crippen LogP contribution in [0.2, 0.25) is 0 Å². The molecule has 0 atom stereocenters. The molecule has 1 aliphatic heterocycles. The Hall–Kier alpha value is -1.12. The van der Waals surface area contributed by atoms with Crippen LogP contribution in [-0.4, -0.2) is 37.2 Å². The number of piperidine rings is 1. The first-order valence-electron chi connectivity index (χ1n) is 6.94. The Balaban J connectivity index is 1.71. The first-order valence-corrected chi connectivity index (χ1v) is 6.94. The van der Waals surface area contributed by atoms with E-state index >= 15 is 0 Å². The smallest absolute Gasteiger partial charge is 0.0599 e. The molecular weight excluding hydrogens is 222 g/mol. The molecule has 0 aliphatic carbocycles. The van der Waals surface area contributed by atoms with Gasteiger partial charge in [0.2, 0.25) is 0 Å². The van der Waals surface area contributed by atoms with E-state index in [-0.39, 0.29) is 0 Å². The fourth-order valence-corrected chi connectivity index (χ4v) is 2.40. The standard InChI is InChI=1S/C16H23NO/c1-2-18-16-10-13-17(14-11-16)12-6-9-15-7-4-3-5-8-15/h3-9,16H,2,10-14H2,1H3/b9-6-. The van der Waals surface area contributed by atoms with Gasteiger partial charge < -0.3 is 4.74 Å². The van der Waals surface area contributed by atoms with E-state index in [1.807, 2.05) is 0 Å². The van der Waals surface area contributed by atoms with Crippen LogP contribution in [0.25, 0.3) is 6.08 Å². The molecule has 2 nitrogen and oxygen atoms in total. The molecule has 0 amide bonds. The molecule has 98 valence electrons. The molecule has 0 saturated carbocycles. The lowest BCUT2D eigenvalue weighted by molar-refractivity contribution is 0.0168. The highest BCUT2D eigenvalue weighted by Gasteiger charge is 2.17. The molecule has 1 fully saturated rings. The van der Waals surface area contributed by atoms with Crippen molar-refractivity contribution in [3.8, 4) is 0 Å². The summed E-state index contributed by atoms with van der Waals surface area (Å²) in [6, 6.07) is 10.5. The lowest BCUT2D eigenvalue weighted by Gasteiger charge is -2.30. The second kappa shape index (κ2) is 7.34. The van der Waals surface area contributed by atoms with Crippen LogP contribution in [0.15, 0.2) is 36.4 Å². The average Bonchev–Trinajstić information content (AvgIpc) is 2.42. The van der Waals surface area contributed by atoms with Crippen molar-refractivity contribution in [2.45, 2.75) is 25.9 Å². The van der Waals surface area contributed by atoms with Gasteiger partial charge in [-0.2, -0.15) is 0 Å². The molecule has 1 aromatic rings. The van der Waals surface area contributed by atoms with Crippen molar-refractivity contribution < 1.29 is 4.74 Å². The molecule has 2 rings (SSSR count). The van der Waals surface area contributed by atoms with Gasteiger partial charge in [0.05, 0.1) is 6.10 Å². The predicted octanol–water partition coefficient (Wildman–Crippen LogP) is 3.20. The minimum Gasteiger partial charge on any atom is -0.378 e. The third kappa shape index (κ3) is 4.28. The summed E-state index contributed by atoms with van der Waals surface area (Å²) in [6.45, 7) is 6.29. The highest BCUT2D eigenvalue weighted by Crippen LogP contribution is 2.13. The molecule has 1 aliphatic rings. The van der Waals surface area contributed by atoms with Crippen molar-refractivity contribution in [2.24, 2.45) is 0 Å². The number of rotatable bonds is 5. The van der Waals surface area contributed by atoms with Crippen LogP contribution >= 0.6 is 0 Å². The van der Waals surface area contributed by atoms with E-state index in [1.54, 1.807) is 0 Å². The Morgan fingerprint density at radius 2 is 1.94 bits per heavy atom. The molecule has 1 aromatic carbocycles. The zero-order chi connectivity index (χ0) is 12.6. The zero-order valence-electron chi connectivity index (χ0n) is 11.2. The molecule has 0 spiro atoms. The Morgan fingerprint density at radius 3 is 2.61 bits per heavy atom. The largest absolute Gasteiger partial charge is 0.378 e. The van der Waals surface area contributed by atoms with E-state index in [9.17, 15) is 0 Å². The number of ether oxygens (including phenoxy) is 1. The summed E-state index contributed by atoms with van der Waals surface area (Å²) in [7, 11) is 0. The van der Waals surface area contributed by atoms with Gasteiger partial charge in [-0.15, -0.1) is 0 Å². The van der Waals surface area contributed by atoms with E-state index < -0.39 is 0 Å². The van der Waals surface area contributed by atoms with Crippen LogP contribution < -0.4 is 0 Å². The van der Waals surface area contributed by atoms with E-state index in [2.05, 4.69) is 54.3 Å². The fraction of sp³-hybridized carbons (Fsp3) is 0.500. The van der Waals surface area contributed by atoms with Crippen molar-refractivity contribution in [3.63, 3.8) is 0 Å². The third-order valence-corrected chi connectivity index (χ3v) is 3.41. The monoisotopic (exact) mass is 245 g/mol. The van der Waals surface area contributed by atoms with Crippen LogP contribution in [-0.2, 0) is 4.74 Å². The van der Waals surface area contributed by atoms with Gasteiger partial charge in [0.25, 0.3) is 0 Å². The topological polar surface area (TPSA) is 12.5 Å². The normalized spacial score (nSPS) is 18.5. The molecule has 18 heavy (non-hydrogen) atoms. The van der Waals surface area contributed by atoms with Gasteiger partial charge in [0.1, 0.15) is 0 Å². The van der Waals surface area contributed by atoms with Gasteiger partial charge in [-0.1, -0.05) is 42.5 Å². The zero-order valence-corrected chi connectivity index (χ0v) is 11.2. The van der Waals surface area contributed by atoms with Crippen LogP contribution in [0.1, 0.15) is 25.3 Å². The first-order chi connectivity index (χ1) is 8.88. The minimum absolute atomic E-state index is 0.490. The van der Waals surface area contributed by atoms with Crippen molar-refractivity contribution in [3.05, 3.63) is 42.0 Å². The SMILES string of the molecule is CCOC1CCN(C/C=C\c2ccccc2)CC1. The molecule has 0 radical (unpaired) electrons. The molecule has 0 N–H and O–H groups in total. The molecule has 0 unspecified atom stereocenters. The van der Waals surface area contributed by atoms with Gasteiger partial charge >= 0.3 is 0 Å². The molecular formula is C16H23NO. The Labute approximate surface area is 110 Å².